The summed E-state index contributed by atoms with van der Waals surface area (Å²) in [5.74, 6) is 0.381. The molecule has 0 saturated heterocycles. The van der Waals surface area contributed by atoms with Gasteiger partial charge in [0.1, 0.15) is 5.75 Å². The molecule has 0 radical (unpaired) electrons. The number of nitrogen functional groups attached to an aromatic ring is 1. The van der Waals surface area contributed by atoms with Gasteiger partial charge in [-0.2, -0.15) is 0 Å². The van der Waals surface area contributed by atoms with Gasteiger partial charge in [-0.3, -0.25) is 4.79 Å². The van der Waals surface area contributed by atoms with Gasteiger partial charge in [0.15, 0.2) is 0 Å². The molecule has 0 saturated carbocycles. The van der Waals surface area contributed by atoms with Crippen LogP contribution in [-0.2, 0) is 4.79 Å². The highest BCUT2D eigenvalue weighted by Gasteiger charge is 2.06. The molecule has 0 aliphatic heterocycles. The van der Waals surface area contributed by atoms with Crippen molar-refractivity contribution in [3.05, 3.63) is 52.5 Å². The quantitative estimate of drug-likeness (QED) is 0.817. The maximum Gasteiger partial charge on any atom is 0.227 e. The summed E-state index contributed by atoms with van der Waals surface area (Å²) in [4.78, 5) is 11.8. The Bertz CT molecular complexity index is 647. The average Bonchev–Trinajstić information content (AvgIpc) is 2.45. The Morgan fingerprint density at radius 3 is 2.62 bits per heavy atom. The fraction of sp³-hybridized carbons (Fsp3) is 0.133. The molecular formula is C15H14Cl2N2O2. The van der Waals surface area contributed by atoms with Crippen LogP contribution in [-0.4, -0.2) is 12.5 Å². The van der Waals surface area contributed by atoms with Gasteiger partial charge in [-0.25, -0.2) is 0 Å². The average molecular weight is 325 g/mol. The highest BCUT2D eigenvalue weighted by Crippen LogP contribution is 2.24. The summed E-state index contributed by atoms with van der Waals surface area (Å²) in [5.41, 5.74) is 6.68. The highest BCUT2D eigenvalue weighted by molar-refractivity contribution is 6.33. The fourth-order valence-electron chi connectivity index (χ4n) is 1.66. The third kappa shape index (κ3) is 4.55. The van der Waals surface area contributed by atoms with Crippen LogP contribution in [0.15, 0.2) is 42.5 Å². The van der Waals surface area contributed by atoms with Crippen LogP contribution in [0, 0.1) is 0 Å². The van der Waals surface area contributed by atoms with E-state index in [1.54, 1.807) is 30.3 Å². The van der Waals surface area contributed by atoms with Crippen molar-refractivity contribution in [1.82, 2.24) is 0 Å². The van der Waals surface area contributed by atoms with Gasteiger partial charge in [0.2, 0.25) is 5.91 Å². The molecule has 110 valence electrons. The van der Waals surface area contributed by atoms with Crippen molar-refractivity contribution in [1.29, 1.82) is 0 Å². The van der Waals surface area contributed by atoms with Crippen LogP contribution in [0.1, 0.15) is 6.42 Å². The van der Waals surface area contributed by atoms with Crippen LogP contribution in [0.3, 0.4) is 0 Å². The molecule has 1 amide bonds. The minimum atomic E-state index is -0.177. The summed E-state index contributed by atoms with van der Waals surface area (Å²) < 4.78 is 5.45. The molecule has 0 heterocycles. The van der Waals surface area contributed by atoms with Gasteiger partial charge < -0.3 is 15.8 Å². The maximum absolute atomic E-state index is 11.8. The minimum absolute atomic E-state index is 0.177. The standard InChI is InChI=1S/C15H14Cl2N2O2/c16-11-6-5-10(9-13(11)18)19-15(20)7-8-21-14-4-2-1-3-12(14)17/h1-6,9H,7-8,18H2,(H,19,20). The molecule has 0 unspecified atom stereocenters. The number of ether oxygens (including phenoxy) is 1. The normalized spacial score (nSPS) is 10.2. The number of para-hydroxylation sites is 1. The number of carbonyl (C=O) groups excluding carboxylic acids is 1. The lowest BCUT2D eigenvalue weighted by atomic mass is 10.2. The Morgan fingerprint density at radius 1 is 1.14 bits per heavy atom. The van der Waals surface area contributed by atoms with Crippen LogP contribution in [0.5, 0.6) is 5.75 Å². The third-order valence-corrected chi connectivity index (χ3v) is 3.36. The first-order valence-electron chi connectivity index (χ1n) is 6.28. The number of carbonyl (C=O) groups is 1. The van der Waals surface area contributed by atoms with E-state index in [1.165, 1.54) is 0 Å². The Kier molecular flexibility index (Phi) is 5.31. The van der Waals surface area contributed by atoms with Crippen LogP contribution in [0.25, 0.3) is 0 Å². The lowest BCUT2D eigenvalue weighted by molar-refractivity contribution is -0.116. The van der Waals surface area contributed by atoms with Crippen LogP contribution < -0.4 is 15.8 Å². The molecule has 0 bridgehead atoms. The summed E-state index contributed by atoms with van der Waals surface area (Å²) in [6.07, 6.45) is 0.202. The first-order chi connectivity index (χ1) is 10.1. The Labute approximate surface area is 132 Å². The highest BCUT2D eigenvalue weighted by atomic mass is 35.5. The lowest BCUT2D eigenvalue weighted by Gasteiger charge is -2.09. The largest absolute Gasteiger partial charge is 0.491 e. The van der Waals surface area contributed by atoms with Crippen LogP contribution in [0.2, 0.25) is 10.0 Å². The second-order valence-corrected chi connectivity index (χ2v) is 5.13. The van der Waals surface area contributed by atoms with Gasteiger partial charge >= 0.3 is 0 Å². The summed E-state index contributed by atoms with van der Waals surface area (Å²) in [5, 5.41) is 3.69. The van der Waals surface area contributed by atoms with Crippen LogP contribution >= 0.6 is 23.2 Å². The van der Waals surface area contributed by atoms with Crippen molar-refractivity contribution in [2.75, 3.05) is 17.7 Å². The number of nitrogens with one attached hydrogen (secondary N) is 1. The van der Waals surface area contributed by atoms with E-state index in [1.807, 2.05) is 12.1 Å². The topological polar surface area (TPSA) is 64.3 Å². The van der Waals surface area contributed by atoms with Crippen LogP contribution in [0.4, 0.5) is 11.4 Å². The second-order valence-electron chi connectivity index (χ2n) is 4.31. The molecule has 0 fully saturated rings. The number of hydrogen-bond donors (Lipinski definition) is 2. The van der Waals surface area contributed by atoms with E-state index in [0.717, 1.165) is 0 Å². The zero-order chi connectivity index (χ0) is 15.2. The number of nitrogens with two attached hydrogens (primary N) is 1. The second kappa shape index (κ2) is 7.20. The molecule has 3 N–H and O–H groups in total. The number of anilines is 2. The van der Waals surface area contributed by atoms with E-state index >= 15 is 0 Å². The molecular weight excluding hydrogens is 311 g/mol. The minimum Gasteiger partial charge on any atom is -0.491 e. The smallest absolute Gasteiger partial charge is 0.227 e. The van der Waals surface area contributed by atoms with Gasteiger partial charge in [-0.15, -0.1) is 0 Å². The van der Waals surface area contributed by atoms with Crippen molar-refractivity contribution >= 4 is 40.5 Å². The molecule has 0 aromatic heterocycles. The molecule has 4 nitrogen and oxygen atoms in total. The van der Waals surface area contributed by atoms with E-state index in [-0.39, 0.29) is 18.9 Å². The van der Waals surface area contributed by atoms with E-state index in [2.05, 4.69) is 5.32 Å². The number of benzene rings is 2. The van der Waals surface area contributed by atoms with Gasteiger partial charge in [0.25, 0.3) is 0 Å². The maximum atomic E-state index is 11.8. The molecule has 0 aliphatic rings. The van der Waals surface area contributed by atoms with Gasteiger partial charge in [0.05, 0.1) is 28.8 Å². The predicted molar refractivity (Wildman–Crippen MR) is 86.1 cm³/mol. The number of halogens is 2. The van der Waals surface area contributed by atoms with E-state index in [0.29, 0.717) is 27.2 Å². The molecule has 21 heavy (non-hydrogen) atoms. The van der Waals surface area contributed by atoms with Gasteiger partial charge in [-0.05, 0) is 30.3 Å². The molecule has 0 atom stereocenters. The summed E-state index contributed by atoms with van der Waals surface area (Å²) >= 11 is 11.8. The predicted octanol–water partition coefficient (Wildman–Crippen LogP) is 3.98. The van der Waals surface area contributed by atoms with E-state index < -0.39 is 0 Å². The van der Waals surface area contributed by atoms with Crippen molar-refractivity contribution in [3.63, 3.8) is 0 Å². The molecule has 2 aromatic rings. The molecule has 0 aliphatic carbocycles. The monoisotopic (exact) mass is 324 g/mol. The van der Waals surface area contributed by atoms with Gasteiger partial charge in [0, 0.05) is 5.69 Å². The fourth-order valence-corrected chi connectivity index (χ4v) is 1.97. The number of rotatable bonds is 5. The first-order valence-corrected chi connectivity index (χ1v) is 7.04. The molecule has 6 heteroatoms. The third-order valence-electron chi connectivity index (χ3n) is 2.70. The molecule has 2 rings (SSSR count). The number of hydrogen-bond acceptors (Lipinski definition) is 3. The Balaban J connectivity index is 1.82. The van der Waals surface area contributed by atoms with E-state index in [4.69, 9.17) is 33.7 Å². The van der Waals surface area contributed by atoms with E-state index in [9.17, 15) is 4.79 Å². The lowest BCUT2D eigenvalue weighted by Crippen LogP contribution is -2.15. The molecule has 0 spiro atoms. The zero-order valence-corrected chi connectivity index (χ0v) is 12.6. The number of amides is 1. The Morgan fingerprint density at radius 2 is 1.90 bits per heavy atom. The molecule has 2 aromatic carbocycles. The first kappa shape index (κ1) is 15.5. The van der Waals surface area contributed by atoms with Crippen molar-refractivity contribution in [2.24, 2.45) is 0 Å². The SMILES string of the molecule is Nc1cc(NC(=O)CCOc2ccccc2Cl)ccc1Cl. The Hall–Kier alpha value is -1.91. The van der Waals surface area contributed by atoms with Gasteiger partial charge in [-0.1, -0.05) is 35.3 Å². The zero-order valence-electron chi connectivity index (χ0n) is 11.1. The summed E-state index contributed by atoms with van der Waals surface area (Å²) in [6.45, 7) is 0.235. The van der Waals surface area contributed by atoms with Crippen molar-refractivity contribution in [2.45, 2.75) is 6.42 Å². The summed E-state index contributed by atoms with van der Waals surface area (Å²) in [6, 6.07) is 12.0. The van der Waals surface area contributed by atoms with Crippen molar-refractivity contribution in [3.8, 4) is 5.75 Å². The summed E-state index contributed by atoms with van der Waals surface area (Å²) in [7, 11) is 0. The van der Waals surface area contributed by atoms with Crippen molar-refractivity contribution < 1.29 is 9.53 Å².